The predicted octanol–water partition coefficient (Wildman–Crippen LogP) is 1.26. The second kappa shape index (κ2) is 14.0. The van der Waals surface area contributed by atoms with Crippen LogP contribution in [-0.4, -0.2) is 118 Å². The first kappa shape index (κ1) is 33.1. The van der Waals surface area contributed by atoms with Crippen LogP contribution in [0.3, 0.4) is 0 Å². The van der Waals surface area contributed by atoms with Gasteiger partial charge in [0.15, 0.2) is 0 Å². The Morgan fingerprint density at radius 3 is 2.66 bits per heavy atom. The minimum Gasteiger partial charge on any atom is -0.491 e. The third kappa shape index (κ3) is 8.10. The highest BCUT2D eigenvalue weighted by Gasteiger charge is 2.44. The van der Waals surface area contributed by atoms with Crippen molar-refractivity contribution in [1.29, 1.82) is 0 Å². The highest BCUT2D eigenvalue weighted by atomic mass is 32.2. The van der Waals surface area contributed by atoms with Crippen molar-refractivity contribution in [2.45, 2.75) is 53.2 Å². The summed E-state index contributed by atoms with van der Waals surface area (Å²) in [5.41, 5.74) is 0.853. The van der Waals surface area contributed by atoms with Crippen LogP contribution in [-0.2, 0) is 24.8 Å². The second-order valence-corrected chi connectivity index (χ2v) is 15.8. The van der Waals surface area contributed by atoms with Gasteiger partial charge in [-0.3, -0.25) is 0 Å². The molecule has 242 valence electrons. The van der Waals surface area contributed by atoms with E-state index in [1.54, 1.807) is 30.3 Å². The van der Waals surface area contributed by atoms with Crippen molar-refractivity contribution >= 4 is 42.8 Å². The first-order chi connectivity index (χ1) is 21.0. The number of nitrogens with one attached hydrogen (secondary N) is 2. The van der Waals surface area contributed by atoms with E-state index in [1.807, 2.05) is 19.0 Å². The molecular weight excluding hydrogens is 629 g/mol. The van der Waals surface area contributed by atoms with Crippen LogP contribution >= 0.6 is 11.7 Å². The monoisotopic (exact) mass is 668 g/mol. The van der Waals surface area contributed by atoms with Gasteiger partial charge in [0.05, 0.1) is 33.7 Å². The van der Waals surface area contributed by atoms with Crippen molar-refractivity contribution in [3.63, 3.8) is 0 Å². The topological polar surface area (TPSA) is 163 Å². The van der Waals surface area contributed by atoms with Crippen molar-refractivity contribution in [3.8, 4) is 5.75 Å². The zero-order valence-corrected chi connectivity index (χ0v) is 27.3. The number of rotatable bonds is 14. The van der Waals surface area contributed by atoms with Crippen molar-refractivity contribution < 1.29 is 31.4 Å². The van der Waals surface area contributed by atoms with Crippen LogP contribution in [0.5, 0.6) is 5.75 Å². The molecule has 3 heterocycles. The molecule has 2 aromatic carbocycles. The Hall–Kier alpha value is -2.28. The number of aliphatic hydroxyl groups excluding tert-OH is 1. The Balaban J connectivity index is 1.05. The van der Waals surface area contributed by atoms with Crippen molar-refractivity contribution in [2.24, 2.45) is 0 Å². The standard InChI is InChI=1S/C28H40N6O7S3/c1-33(2)12-4-11-30-43(36,37)24-6-3-5-23(15-24)40-20-22(35)18-29-21-17-28(41-19-21)9-13-34(14-10-28)44(38,39)25-7-8-26-27(16-25)32-42-31-26/h3,5-8,15-16,21-22,29-30,35H,4,9-14,17-20H2,1-2H3/t21?,22-/m0/s1. The quantitative estimate of drug-likeness (QED) is 0.212. The minimum atomic E-state index is -3.66. The molecule has 2 aliphatic rings. The van der Waals surface area contributed by atoms with Gasteiger partial charge in [-0.2, -0.15) is 13.1 Å². The molecular formula is C28H40N6O7S3. The van der Waals surface area contributed by atoms with Gasteiger partial charge in [-0.15, -0.1) is 0 Å². The smallest absolute Gasteiger partial charge is 0.243 e. The van der Waals surface area contributed by atoms with Crippen LogP contribution in [0.1, 0.15) is 25.7 Å². The zero-order chi connectivity index (χ0) is 31.4. The Morgan fingerprint density at radius 1 is 1.11 bits per heavy atom. The van der Waals surface area contributed by atoms with Gasteiger partial charge < -0.3 is 24.8 Å². The van der Waals surface area contributed by atoms with E-state index in [0.29, 0.717) is 68.7 Å². The fourth-order valence-corrected chi connectivity index (χ4v) is 8.59. The molecule has 0 bridgehead atoms. The fraction of sp³-hybridized carbons (Fsp3) is 0.571. The maximum absolute atomic E-state index is 13.3. The molecule has 2 fully saturated rings. The van der Waals surface area contributed by atoms with Crippen LogP contribution in [0.4, 0.5) is 0 Å². The molecule has 1 unspecified atom stereocenters. The van der Waals surface area contributed by atoms with E-state index in [9.17, 15) is 21.9 Å². The molecule has 0 aliphatic carbocycles. The molecule has 1 aromatic heterocycles. The predicted molar refractivity (Wildman–Crippen MR) is 167 cm³/mol. The highest BCUT2D eigenvalue weighted by Crippen LogP contribution is 2.37. The van der Waals surface area contributed by atoms with Gasteiger partial charge in [0, 0.05) is 38.3 Å². The van der Waals surface area contributed by atoms with E-state index in [0.717, 1.165) is 18.3 Å². The second-order valence-electron chi connectivity index (χ2n) is 11.6. The maximum Gasteiger partial charge on any atom is 0.243 e. The average Bonchev–Trinajstić information content (AvgIpc) is 3.64. The van der Waals surface area contributed by atoms with Gasteiger partial charge in [0.1, 0.15) is 29.5 Å². The van der Waals surface area contributed by atoms with Gasteiger partial charge in [0.25, 0.3) is 0 Å². The molecule has 16 heteroatoms. The third-order valence-electron chi connectivity index (χ3n) is 7.98. The molecule has 0 saturated carbocycles. The summed E-state index contributed by atoms with van der Waals surface area (Å²) >= 11 is 1.06. The lowest BCUT2D eigenvalue weighted by molar-refractivity contribution is -0.0312. The molecule has 44 heavy (non-hydrogen) atoms. The van der Waals surface area contributed by atoms with E-state index in [-0.39, 0.29) is 29.0 Å². The van der Waals surface area contributed by atoms with Gasteiger partial charge in [0.2, 0.25) is 20.0 Å². The largest absolute Gasteiger partial charge is 0.491 e. The summed E-state index contributed by atoms with van der Waals surface area (Å²) < 4.78 is 76.0. The van der Waals surface area contributed by atoms with Crippen LogP contribution in [0.25, 0.3) is 11.0 Å². The van der Waals surface area contributed by atoms with E-state index in [4.69, 9.17) is 9.47 Å². The summed E-state index contributed by atoms with van der Waals surface area (Å²) in [5, 5.41) is 13.9. The number of sulfonamides is 2. The van der Waals surface area contributed by atoms with Gasteiger partial charge in [-0.25, -0.2) is 21.6 Å². The molecule has 3 aromatic rings. The van der Waals surface area contributed by atoms with Crippen molar-refractivity contribution in [1.82, 2.24) is 28.0 Å². The van der Waals surface area contributed by atoms with Gasteiger partial charge in [-0.05, 0) is 76.7 Å². The lowest BCUT2D eigenvalue weighted by Crippen LogP contribution is -2.47. The normalized spacial score (nSPS) is 20.0. The van der Waals surface area contributed by atoms with Gasteiger partial charge >= 0.3 is 0 Å². The minimum absolute atomic E-state index is 0.0128. The summed E-state index contributed by atoms with van der Waals surface area (Å²) in [7, 11) is -3.44. The Kier molecular flexibility index (Phi) is 10.5. The number of benzene rings is 2. The number of hydrogen-bond acceptors (Lipinski definition) is 12. The molecule has 13 nitrogen and oxygen atoms in total. The summed E-state index contributed by atoms with van der Waals surface area (Å²) in [6, 6.07) is 11.1. The Labute approximate surface area is 263 Å². The molecule has 2 saturated heterocycles. The van der Waals surface area contributed by atoms with E-state index < -0.39 is 31.8 Å². The maximum atomic E-state index is 13.3. The van der Waals surface area contributed by atoms with E-state index in [1.165, 1.54) is 16.4 Å². The van der Waals surface area contributed by atoms with E-state index >= 15 is 0 Å². The average molecular weight is 669 g/mol. The molecule has 2 aliphatic heterocycles. The summed E-state index contributed by atoms with van der Waals surface area (Å²) in [6.07, 6.45) is 1.75. The first-order valence-corrected chi connectivity index (χ1v) is 18.3. The number of ether oxygens (including phenoxy) is 2. The number of aromatic nitrogens is 2. The highest BCUT2D eigenvalue weighted by molar-refractivity contribution is 7.89. The molecule has 3 N–H and O–H groups in total. The number of aliphatic hydroxyl groups is 1. The molecule has 5 rings (SSSR count). The summed E-state index contributed by atoms with van der Waals surface area (Å²) in [4.78, 5) is 2.32. The van der Waals surface area contributed by atoms with Crippen molar-refractivity contribution in [3.05, 3.63) is 42.5 Å². The molecule has 0 radical (unpaired) electrons. The van der Waals surface area contributed by atoms with Crippen LogP contribution in [0.2, 0.25) is 0 Å². The SMILES string of the molecule is CN(C)CCCNS(=O)(=O)c1cccc(OC[C@@H](O)CNC2COC3(CCN(S(=O)(=O)c4ccc5nsnc5c4)CC3)C2)c1. The third-order valence-corrected chi connectivity index (χ3v) is 11.9. The van der Waals surface area contributed by atoms with Crippen LogP contribution < -0.4 is 14.8 Å². The van der Waals surface area contributed by atoms with Crippen molar-refractivity contribution in [2.75, 3.05) is 60.0 Å². The Bertz CT molecular complexity index is 1630. The molecule has 0 amide bonds. The fourth-order valence-electron chi connectivity index (χ4n) is 5.50. The van der Waals surface area contributed by atoms with Gasteiger partial charge in [-0.1, -0.05) is 6.07 Å². The Morgan fingerprint density at radius 2 is 1.89 bits per heavy atom. The van der Waals surface area contributed by atoms with Crippen LogP contribution in [0, 0.1) is 0 Å². The van der Waals surface area contributed by atoms with Crippen LogP contribution in [0.15, 0.2) is 52.3 Å². The van der Waals surface area contributed by atoms with E-state index in [2.05, 4.69) is 18.8 Å². The lowest BCUT2D eigenvalue weighted by Gasteiger charge is -2.38. The number of fused-ring (bicyclic) bond motifs is 1. The molecule has 1 spiro atoms. The summed E-state index contributed by atoms with van der Waals surface area (Å²) in [5.74, 6) is 0.355. The summed E-state index contributed by atoms with van der Waals surface area (Å²) in [6.45, 7) is 2.56. The first-order valence-electron chi connectivity index (χ1n) is 14.6. The lowest BCUT2D eigenvalue weighted by atomic mass is 9.88. The molecule has 2 atom stereocenters. The number of hydrogen-bond donors (Lipinski definition) is 3. The number of piperidine rings is 1. The number of nitrogens with zero attached hydrogens (tertiary/aromatic N) is 4. The zero-order valence-electron chi connectivity index (χ0n) is 24.9.